The average molecular weight is 345 g/mol. The van der Waals surface area contributed by atoms with Crippen LogP contribution >= 0.6 is 0 Å². The highest BCUT2D eigenvalue weighted by atomic mass is 14.2. The molecule has 0 aromatic carbocycles. The molecule has 0 saturated carbocycles. The summed E-state index contributed by atoms with van der Waals surface area (Å²) in [6.07, 6.45) is 1.28. The fraction of sp³-hybridized carbons (Fsp3) is 0.833. The molecule has 0 aromatic rings. The van der Waals surface area contributed by atoms with Crippen molar-refractivity contribution < 1.29 is 0 Å². The third kappa shape index (κ3) is 101. The van der Waals surface area contributed by atoms with E-state index in [-0.39, 0.29) is 0 Å². The van der Waals surface area contributed by atoms with Gasteiger partial charge in [-0.25, -0.2) is 0 Å². The summed E-state index contributed by atoms with van der Waals surface area (Å²) in [6.45, 7) is 38.6. The summed E-state index contributed by atoms with van der Waals surface area (Å²) in [5.41, 5.74) is 1.71. The Morgan fingerprint density at radius 3 is 0.958 bits per heavy atom. The molecular formula is C24H56. The third-order valence-corrected chi connectivity index (χ3v) is 2.72. The molecule has 0 amide bonds. The van der Waals surface area contributed by atoms with E-state index in [1.807, 2.05) is 83.1 Å². The van der Waals surface area contributed by atoms with Crippen LogP contribution in [0.3, 0.4) is 0 Å². The molecule has 0 aliphatic heterocycles. The van der Waals surface area contributed by atoms with Gasteiger partial charge in [-0.2, -0.15) is 0 Å². The van der Waals surface area contributed by atoms with Crippen LogP contribution in [0.4, 0.5) is 0 Å². The van der Waals surface area contributed by atoms with Crippen molar-refractivity contribution in [2.75, 3.05) is 0 Å². The first-order valence-corrected chi connectivity index (χ1v) is 10.1. The zero-order valence-electron chi connectivity index (χ0n) is 21.0. The highest BCUT2D eigenvalue weighted by molar-refractivity contribution is 4.89. The summed E-state index contributed by atoms with van der Waals surface area (Å²) >= 11 is 0. The van der Waals surface area contributed by atoms with Crippen LogP contribution in [-0.2, 0) is 0 Å². The second-order valence-electron chi connectivity index (χ2n) is 5.20. The molecule has 0 aliphatic carbocycles. The molecule has 0 aliphatic rings. The van der Waals surface area contributed by atoms with Crippen LogP contribution in [0.5, 0.6) is 0 Å². The van der Waals surface area contributed by atoms with Crippen molar-refractivity contribution >= 4 is 0 Å². The fourth-order valence-electron chi connectivity index (χ4n) is 0.408. The summed E-state index contributed by atoms with van der Waals surface area (Å²) in [6, 6.07) is 0. The predicted octanol–water partition coefficient (Wildman–Crippen LogP) is 9.80. The van der Waals surface area contributed by atoms with E-state index in [4.69, 9.17) is 0 Å². The minimum atomic E-state index is 0.542. The highest BCUT2D eigenvalue weighted by Crippen LogP contribution is 2.28. The van der Waals surface area contributed by atoms with E-state index in [1.165, 1.54) is 12.0 Å². The summed E-state index contributed by atoms with van der Waals surface area (Å²) in [7, 11) is 0. The molecule has 0 saturated heterocycles. The van der Waals surface area contributed by atoms with Gasteiger partial charge in [0.2, 0.25) is 0 Å². The molecule has 0 heterocycles. The van der Waals surface area contributed by atoms with Crippen LogP contribution in [0.1, 0.15) is 124 Å². The molecule has 152 valence electrons. The zero-order chi connectivity index (χ0) is 21.8. The lowest BCUT2D eigenvalue weighted by molar-refractivity contribution is 0.240. The Kier molecular flexibility index (Phi) is 89.9. The van der Waals surface area contributed by atoms with Crippen molar-refractivity contribution in [1.82, 2.24) is 0 Å². The van der Waals surface area contributed by atoms with Gasteiger partial charge < -0.3 is 0 Å². The van der Waals surface area contributed by atoms with Gasteiger partial charge >= 0.3 is 0 Å². The monoisotopic (exact) mass is 344 g/mol. The Morgan fingerprint density at radius 2 is 0.958 bits per heavy atom. The molecule has 0 N–H and O–H groups in total. The van der Waals surface area contributed by atoms with Gasteiger partial charge in [0, 0.05) is 0 Å². The van der Waals surface area contributed by atoms with Crippen LogP contribution in [0, 0.1) is 23.2 Å². The lowest BCUT2D eigenvalue weighted by Gasteiger charge is -2.27. The number of hydrogen-bond acceptors (Lipinski definition) is 0. The Bertz CT molecular complexity index is 198. The van der Waals surface area contributed by atoms with Crippen LogP contribution in [0.2, 0.25) is 0 Å². The standard InChI is InChI=1S/C8H18.C4H8.C4H6.4C2H6/c1-6-8(4,5)7(2)3;1-4(2)3;1-3-4-2;4*1-2/h7H,6H2,1-5H3;1H2,2-3H3;1-2H3;4*1-2H3. The third-order valence-electron chi connectivity index (χ3n) is 2.72. The predicted molar refractivity (Wildman–Crippen MR) is 124 cm³/mol. The number of allylic oxidation sites excluding steroid dienone is 1. The van der Waals surface area contributed by atoms with Gasteiger partial charge in [0.05, 0.1) is 0 Å². The maximum absolute atomic E-state index is 3.56. The first kappa shape index (κ1) is 43.6. The van der Waals surface area contributed by atoms with Crippen molar-refractivity contribution in [2.24, 2.45) is 11.3 Å². The number of rotatable bonds is 2. The molecule has 0 fully saturated rings. The smallest absolute Gasteiger partial charge is 0.00271 e. The van der Waals surface area contributed by atoms with Crippen LogP contribution in [0.15, 0.2) is 12.2 Å². The molecule has 0 radical (unpaired) electrons. The van der Waals surface area contributed by atoms with E-state index in [9.17, 15) is 0 Å². The quantitative estimate of drug-likeness (QED) is 0.345. The van der Waals surface area contributed by atoms with Crippen LogP contribution in [-0.4, -0.2) is 0 Å². The lowest BCUT2D eigenvalue weighted by Crippen LogP contribution is -2.17. The SMILES string of the molecule is C=C(C)C.CC.CC.CC.CC.CC#CC.CCC(C)(C)C(C)C. The average Bonchev–Trinajstić information content (AvgIpc) is 2.61. The van der Waals surface area contributed by atoms with E-state index in [0.29, 0.717) is 5.41 Å². The normalized spacial score (nSPS) is 6.92. The Morgan fingerprint density at radius 1 is 0.792 bits per heavy atom. The molecule has 0 rings (SSSR count). The van der Waals surface area contributed by atoms with Gasteiger partial charge in [-0.1, -0.05) is 102 Å². The van der Waals surface area contributed by atoms with E-state index in [2.05, 4.69) is 53.0 Å². The van der Waals surface area contributed by atoms with Gasteiger partial charge in [0.1, 0.15) is 0 Å². The van der Waals surface area contributed by atoms with Crippen LogP contribution < -0.4 is 0 Å². The Balaban J connectivity index is -0.0000000313. The van der Waals surface area contributed by atoms with E-state index in [0.717, 1.165) is 5.92 Å². The minimum Gasteiger partial charge on any atom is -0.107 e. The number of hydrogen-bond donors (Lipinski definition) is 0. The summed E-state index contributed by atoms with van der Waals surface area (Å²) in [5, 5.41) is 0. The first-order valence-electron chi connectivity index (χ1n) is 10.1. The zero-order valence-corrected chi connectivity index (χ0v) is 21.0. The second-order valence-corrected chi connectivity index (χ2v) is 5.20. The maximum Gasteiger partial charge on any atom is -0.00271 e. The van der Waals surface area contributed by atoms with E-state index < -0.39 is 0 Å². The first-order chi connectivity index (χ1) is 11.2. The highest BCUT2D eigenvalue weighted by Gasteiger charge is 2.18. The van der Waals surface area contributed by atoms with Gasteiger partial charge in [-0.05, 0) is 39.0 Å². The lowest BCUT2D eigenvalue weighted by atomic mass is 9.79. The summed E-state index contributed by atoms with van der Waals surface area (Å²) < 4.78 is 0. The summed E-state index contributed by atoms with van der Waals surface area (Å²) in [5.74, 6) is 6.17. The fourth-order valence-corrected chi connectivity index (χ4v) is 0.408. The molecule has 0 nitrogen and oxygen atoms in total. The molecule has 0 spiro atoms. The van der Waals surface area contributed by atoms with E-state index >= 15 is 0 Å². The minimum absolute atomic E-state index is 0.542. The Hall–Kier alpha value is -0.700. The maximum atomic E-state index is 3.56. The van der Waals surface area contributed by atoms with Gasteiger partial charge in [0.25, 0.3) is 0 Å². The van der Waals surface area contributed by atoms with Crippen molar-refractivity contribution in [3.63, 3.8) is 0 Å². The molecule has 0 heteroatoms. The van der Waals surface area contributed by atoms with Gasteiger partial charge in [-0.3, -0.25) is 0 Å². The molecule has 0 aromatic heterocycles. The molecule has 0 unspecified atom stereocenters. The second kappa shape index (κ2) is 49.5. The Labute approximate surface area is 159 Å². The van der Waals surface area contributed by atoms with Gasteiger partial charge in [-0.15, -0.1) is 18.4 Å². The van der Waals surface area contributed by atoms with Crippen molar-refractivity contribution in [3.05, 3.63) is 12.2 Å². The van der Waals surface area contributed by atoms with Crippen molar-refractivity contribution in [3.8, 4) is 11.8 Å². The van der Waals surface area contributed by atoms with Gasteiger partial charge in [0.15, 0.2) is 0 Å². The molecule has 0 atom stereocenters. The van der Waals surface area contributed by atoms with E-state index in [1.54, 1.807) is 0 Å². The molecule has 0 bridgehead atoms. The summed E-state index contributed by atoms with van der Waals surface area (Å²) in [4.78, 5) is 0. The molecule has 24 heavy (non-hydrogen) atoms. The van der Waals surface area contributed by atoms with Crippen molar-refractivity contribution in [2.45, 2.75) is 124 Å². The van der Waals surface area contributed by atoms with Crippen molar-refractivity contribution in [1.29, 1.82) is 0 Å². The van der Waals surface area contributed by atoms with Crippen LogP contribution in [0.25, 0.3) is 0 Å². The molecular weight excluding hydrogens is 288 g/mol. The topological polar surface area (TPSA) is 0 Å². The largest absolute Gasteiger partial charge is 0.107 e.